The first-order chi connectivity index (χ1) is 15.8. The zero-order valence-electron chi connectivity index (χ0n) is 19.1. The van der Waals surface area contributed by atoms with E-state index in [-0.39, 0.29) is 23.6 Å². The van der Waals surface area contributed by atoms with Crippen molar-refractivity contribution in [3.8, 4) is 0 Å². The Hall–Kier alpha value is -2.90. The molecule has 1 fully saturated rings. The van der Waals surface area contributed by atoms with Gasteiger partial charge in [0.15, 0.2) is 0 Å². The molecule has 1 saturated heterocycles. The smallest absolute Gasteiger partial charge is 0.251 e. The fourth-order valence-corrected chi connectivity index (χ4v) is 3.84. The molecule has 7 nitrogen and oxygen atoms in total. The Morgan fingerprint density at radius 1 is 0.939 bits per heavy atom. The Bertz CT molecular complexity index is 942. The summed E-state index contributed by atoms with van der Waals surface area (Å²) in [7, 11) is 0. The lowest BCUT2D eigenvalue weighted by molar-refractivity contribution is -0.136. The second kappa shape index (κ2) is 11.8. The van der Waals surface area contributed by atoms with Crippen LogP contribution in [0.3, 0.4) is 0 Å². The van der Waals surface area contributed by atoms with Crippen molar-refractivity contribution in [3.05, 3.63) is 70.7 Å². The molecule has 33 heavy (non-hydrogen) atoms. The third kappa shape index (κ3) is 7.30. The predicted molar refractivity (Wildman–Crippen MR) is 129 cm³/mol. The van der Waals surface area contributed by atoms with Crippen LogP contribution in [0.5, 0.6) is 0 Å². The van der Waals surface area contributed by atoms with E-state index in [2.05, 4.69) is 10.6 Å². The zero-order valence-corrected chi connectivity index (χ0v) is 19.8. The maximum absolute atomic E-state index is 13.1. The number of benzene rings is 2. The van der Waals surface area contributed by atoms with Crippen molar-refractivity contribution in [2.75, 3.05) is 32.7 Å². The highest BCUT2D eigenvalue weighted by Gasteiger charge is 2.31. The molecule has 1 atom stereocenters. The quantitative estimate of drug-likeness (QED) is 0.621. The largest absolute Gasteiger partial charge is 0.351 e. The minimum Gasteiger partial charge on any atom is -0.351 e. The monoisotopic (exact) mass is 470 g/mol. The van der Waals surface area contributed by atoms with Crippen LogP contribution in [0.25, 0.3) is 0 Å². The maximum Gasteiger partial charge on any atom is 0.251 e. The van der Waals surface area contributed by atoms with Crippen LogP contribution in [0.4, 0.5) is 0 Å². The van der Waals surface area contributed by atoms with Crippen LogP contribution >= 0.6 is 11.6 Å². The summed E-state index contributed by atoms with van der Waals surface area (Å²) in [5, 5.41) is 6.36. The number of nitrogens with one attached hydrogen (secondary N) is 2. The van der Waals surface area contributed by atoms with E-state index in [1.54, 1.807) is 29.2 Å². The van der Waals surface area contributed by atoms with Gasteiger partial charge in [0.25, 0.3) is 5.91 Å². The highest BCUT2D eigenvalue weighted by atomic mass is 35.5. The number of piperazine rings is 1. The molecule has 0 aromatic heterocycles. The van der Waals surface area contributed by atoms with Gasteiger partial charge in [0.2, 0.25) is 11.8 Å². The number of hydrogen-bond donors (Lipinski definition) is 2. The minimum atomic E-state index is -0.617. The highest BCUT2D eigenvalue weighted by Crippen LogP contribution is 2.13. The molecule has 8 heteroatoms. The van der Waals surface area contributed by atoms with E-state index in [1.165, 1.54) is 0 Å². The number of nitrogens with zero attached hydrogens (tertiary/aromatic N) is 2. The fraction of sp³-hybridized carbons (Fsp3) is 0.400. The van der Waals surface area contributed by atoms with Crippen LogP contribution in [-0.2, 0) is 16.1 Å². The fourth-order valence-electron chi connectivity index (χ4n) is 3.72. The summed E-state index contributed by atoms with van der Waals surface area (Å²) in [5.41, 5.74) is 1.52. The second-order valence-electron chi connectivity index (χ2n) is 8.57. The van der Waals surface area contributed by atoms with Crippen molar-refractivity contribution in [1.82, 2.24) is 20.4 Å². The first-order valence-corrected chi connectivity index (χ1v) is 11.6. The second-order valence-corrected chi connectivity index (χ2v) is 9.00. The standard InChI is InChI=1S/C25H31ClN4O3/c1-18(2)23(28-24(32)20-8-10-21(26)11-9-20)25(33)30-14-12-29(13-15-30)17-22(31)27-16-19-6-4-3-5-7-19/h3-11,18,23H,12-17H2,1-2H3,(H,27,31)(H,28,32). The van der Waals surface area contributed by atoms with Crippen molar-refractivity contribution in [1.29, 1.82) is 0 Å². The molecule has 1 heterocycles. The number of carbonyl (C=O) groups is 3. The Balaban J connectivity index is 1.47. The van der Waals surface area contributed by atoms with Crippen LogP contribution < -0.4 is 10.6 Å². The van der Waals surface area contributed by atoms with Gasteiger partial charge in [-0.3, -0.25) is 19.3 Å². The van der Waals surface area contributed by atoms with E-state index in [0.717, 1.165) is 5.56 Å². The average molecular weight is 471 g/mol. The molecule has 2 N–H and O–H groups in total. The number of amides is 3. The molecule has 176 valence electrons. The lowest BCUT2D eigenvalue weighted by Gasteiger charge is -2.37. The van der Waals surface area contributed by atoms with Gasteiger partial charge in [-0.25, -0.2) is 0 Å². The molecular formula is C25H31ClN4O3. The van der Waals surface area contributed by atoms with E-state index in [4.69, 9.17) is 11.6 Å². The topological polar surface area (TPSA) is 81.8 Å². The summed E-state index contributed by atoms with van der Waals surface area (Å²) < 4.78 is 0. The summed E-state index contributed by atoms with van der Waals surface area (Å²) in [6.07, 6.45) is 0. The first kappa shape index (κ1) is 24.7. The van der Waals surface area contributed by atoms with Gasteiger partial charge in [-0.1, -0.05) is 55.8 Å². The van der Waals surface area contributed by atoms with Gasteiger partial charge in [-0.05, 0) is 35.7 Å². The van der Waals surface area contributed by atoms with E-state index in [9.17, 15) is 14.4 Å². The SMILES string of the molecule is CC(C)C(NC(=O)c1ccc(Cl)cc1)C(=O)N1CCN(CC(=O)NCc2ccccc2)CC1. The molecule has 0 spiro atoms. The molecule has 0 saturated carbocycles. The molecule has 0 bridgehead atoms. The molecule has 2 aromatic carbocycles. The van der Waals surface area contributed by atoms with Crippen molar-refractivity contribution in [3.63, 3.8) is 0 Å². The first-order valence-electron chi connectivity index (χ1n) is 11.2. The van der Waals surface area contributed by atoms with Gasteiger partial charge >= 0.3 is 0 Å². The van der Waals surface area contributed by atoms with E-state index in [0.29, 0.717) is 49.9 Å². The molecule has 1 unspecified atom stereocenters. The zero-order chi connectivity index (χ0) is 23.8. The number of hydrogen-bond acceptors (Lipinski definition) is 4. The Morgan fingerprint density at radius 3 is 2.18 bits per heavy atom. The third-order valence-electron chi connectivity index (χ3n) is 5.71. The summed E-state index contributed by atoms with van der Waals surface area (Å²) in [6, 6.07) is 15.7. The average Bonchev–Trinajstić information content (AvgIpc) is 2.82. The Morgan fingerprint density at radius 2 is 1.58 bits per heavy atom. The molecule has 1 aliphatic rings. The molecule has 0 aliphatic carbocycles. The van der Waals surface area contributed by atoms with Gasteiger partial charge in [-0.2, -0.15) is 0 Å². The molecule has 3 amide bonds. The normalized spacial score (nSPS) is 15.2. The molecular weight excluding hydrogens is 440 g/mol. The van der Waals surface area contributed by atoms with Crippen molar-refractivity contribution >= 4 is 29.3 Å². The molecule has 3 rings (SSSR count). The number of rotatable bonds is 8. The maximum atomic E-state index is 13.1. The van der Waals surface area contributed by atoms with Crippen LogP contribution in [0.1, 0.15) is 29.8 Å². The van der Waals surface area contributed by atoms with Crippen LogP contribution in [0.15, 0.2) is 54.6 Å². The number of halogens is 1. The van der Waals surface area contributed by atoms with E-state index >= 15 is 0 Å². The lowest BCUT2D eigenvalue weighted by Crippen LogP contribution is -2.57. The van der Waals surface area contributed by atoms with E-state index in [1.807, 2.05) is 49.1 Å². The van der Waals surface area contributed by atoms with Crippen molar-refractivity contribution in [2.45, 2.75) is 26.4 Å². The van der Waals surface area contributed by atoms with Gasteiger partial charge in [0.05, 0.1) is 6.54 Å². The summed E-state index contributed by atoms with van der Waals surface area (Å²) >= 11 is 5.89. The molecule has 1 aliphatic heterocycles. The van der Waals surface area contributed by atoms with Crippen LogP contribution in [0, 0.1) is 5.92 Å². The lowest BCUT2D eigenvalue weighted by atomic mass is 10.0. The van der Waals surface area contributed by atoms with Gasteiger partial charge < -0.3 is 15.5 Å². The Labute approximate surface area is 200 Å². The van der Waals surface area contributed by atoms with Gasteiger partial charge in [-0.15, -0.1) is 0 Å². The molecule has 2 aromatic rings. The summed E-state index contributed by atoms with van der Waals surface area (Å²) in [5.74, 6) is -0.489. The van der Waals surface area contributed by atoms with Crippen molar-refractivity contribution < 1.29 is 14.4 Å². The Kier molecular flexibility index (Phi) is 8.86. The third-order valence-corrected chi connectivity index (χ3v) is 5.96. The van der Waals surface area contributed by atoms with Gasteiger partial charge in [0, 0.05) is 43.3 Å². The predicted octanol–water partition coefficient (Wildman–Crippen LogP) is 2.55. The van der Waals surface area contributed by atoms with Gasteiger partial charge in [0.1, 0.15) is 6.04 Å². The number of carbonyl (C=O) groups excluding carboxylic acids is 3. The van der Waals surface area contributed by atoms with Crippen LogP contribution in [0.2, 0.25) is 5.02 Å². The summed E-state index contributed by atoms with van der Waals surface area (Å²) in [6.45, 7) is 6.89. The van der Waals surface area contributed by atoms with Crippen LogP contribution in [-0.4, -0.2) is 66.3 Å². The highest BCUT2D eigenvalue weighted by molar-refractivity contribution is 6.30. The van der Waals surface area contributed by atoms with Crippen molar-refractivity contribution in [2.24, 2.45) is 5.92 Å². The molecule has 0 radical (unpaired) electrons. The van der Waals surface area contributed by atoms with E-state index < -0.39 is 6.04 Å². The minimum absolute atomic E-state index is 0.0334. The summed E-state index contributed by atoms with van der Waals surface area (Å²) in [4.78, 5) is 41.9.